The van der Waals surface area contributed by atoms with Crippen molar-refractivity contribution in [1.82, 2.24) is 19.6 Å². The van der Waals surface area contributed by atoms with Crippen LogP contribution in [0, 0.1) is 20.8 Å². The van der Waals surface area contributed by atoms with Gasteiger partial charge in [-0.1, -0.05) is 24.6 Å². The molecule has 1 atom stereocenters. The normalized spacial score (nSPS) is 17.6. The Morgan fingerprint density at radius 3 is 2.07 bits per heavy atom. The van der Waals surface area contributed by atoms with Gasteiger partial charge in [-0.2, -0.15) is 5.10 Å². The summed E-state index contributed by atoms with van der Waals surface area (Å²) in [5.41, 5.74) is 2.69. The van der Waals surface area contributed by atoms with Gasteiger partial charge in [-0.15, -0.1) is 0 Å². The van der Waals surface area contributed by atoms with Crippen molar-refractivity contribution in [1.29, 1.82) is 0 Å². The van der Waals surface area contributed by atoms with Crippen LogP contribution in [0.2, 0.25) is 0 Å². The zero-order valence-corrected chi connectivity index (χ0v) is 25.3. The lowest BCUT2D eigenvalue weighted by Gasteiger charge is -2.40. The number of hydrogen-bond donors (Lipinski definition) is 4. The van der Waals surface area contributed by atoms with Gasteiger partial charge in [0.1, 0.15) is 0 Å². The second kappa shape index (κ2) is 15.1. The highest BCUT2D eigenvalue weighted by Crippen LogP contribution is 2.24. The summed E-state index contributed by atoms with van der Waals surface area (Å²) in [6, 6.07) is 8.67. The predicted octanol–water partition coefficient (Wildman–Crippen LogP) is 2.96. The second-order valence-corrected chi connectivity index (χ2v) is 11.6. The largest absolute Gasteiger partial charge is 0.481 e. The molecule has 2 aliphatic rings. The van der Waals surface area contributed by atoms with E-state index in [0.29, 0.717) is 12.5 Å². The Hall–Kier alpha value is -3.77. The number of carboxylic acid groups (broad SMARTS) is 3. The number of aliphatic hydroxyl groups is 1. The molecule has 2 fully saturated rings. The van der Waals surface area contributed by atoms with Crippen LogP contribution >= 0.6 is 0 Å². The van der Waals surface area contributed by atoms with E-state index in [-0.39, 0.29) is 5.91 Å². The van der Waals surface area contributed by atoms with E-state index >= 15 is 0 Å². The van der Waals surface area contributed by atoms with Gasteiger partial charge in [0, 0.05) is 30.4 Å². The van der Waals surface area contributed by atoms with E-state index in [2.05, 4.69) is 35.8 Å². The number of aryl methyl sites for hydroxylation is 2. The fraction of sp³-hybridized carbons (Fsp3) is 0.581. The molecule has 4 rings (SSSR count). The Bertz CT molecular complexity index is 1280. The molecular weight excluding hydrogens is 556 g/mol. The third kappa shape index (κ3) is 9.11. The molecule has 2 aromatic rings. The summed E-state index contributed by atoms with van der Waals surface area (Å²) < 4.78 is 2.01. The summed E-state index contributed by atoms with van der Waals surface area (Å²) in [6.45, 7) is 10.6. The molecule has 1 amide bonds. The van der Waals surface area contributed by atoms with Crippen LogP contribution in [-0.2, 0) is 25.6 Å². The lowest BCUT2D eigenvalue weighted by Crippen LogP contribution is -2.50. The molecule has 236 valence electrons. The average Bonchev–Trinajstić information content (AvgIpc) is 3.21. The number of nitrogens with zero attached hydrogens (tertiary/aromatic N) is 4. The van der Waals surface area contributed by atoms with Gasteiger partial charge in [0.15, 0.2) is 5.60 Å². The number of carbonyl (C=O) groups excluding carboxylic acids is 1. The number of piperidine rings is 2. The maximum absolute atomic E-state index is 13.4. The number of aliphatic carboxylic acids is 3. The lowest BCUT2D eigenvalue weighted by atomic mass is 9.96. The maximum atomic E-state index is 13.4. The first-order chi connectivity index (χ1) is 20.3. The highest BCUT2D eigenvalue weighted by atomic mass is 16.4. The smallest absolute Gasteiger partial charge is 0.336 e. The van der Waals surface area contributed by atoms with E-state index in [1.54, 1.807) is 0 Å². The first-order valence-electron chi connectivity index (χ1n) is 14.8. The minimum atomic E-state index is -2.74. The highest BCUT2D eigenvalue weighted by molar-refractivity contribution is 5.88. The van der Waals surface area contributed by atoms with Crippen LogP contribution in [0.25, 0.3) is 5.69 Å². The molecule has 0 aliphatic carbocycles. The number of aromatic nitrogens is 2. The third-order valence-electron chi connectivity index (χ3n) is 8.26. The third-order valence-corrected chi connectivity index (χ3v) is 8.26. The Balaban J connectivity index is 0.000000331. The molecule has 1 unspecified atom stereocenters. The Labute approximate surface area is 251 Å². The van der Waals surface area contributed by atoms with E-state index in [0.717, 1.165) is 48.6 Å². The van der Waals surface area contributed by atoms with Gasteiger partial charge >= 0.3 is 17.9 Å². The van der Waals surface area contributed by atoms with Crippen LogP contribution in [0.15, 0.2) is 24.3 Å². The van der Waals surface area contributed by atoms with E-state index in [9.17, 15) is 19.2 Å². The Kier molecular flexibility index (Phi) is 11.8. The monoisotopic (exact) mass is 600 g/mol. The van der Waals surface area contributed by atoms with Crippen molar-refractivity contribution in [3.63, 3.8) is 0 Å². The summed E-state index contributed by atoms with van der Waals surface area (Å²) in [5.74, 6) is -4.75. The van der Waals surface area contributed by atoms with Crippen LogP contribution in [0.4, 0.5) is 0 Å². The topological polar surface area (TPSA) is 173 Å². The van der Waals surface area contributed by atoms with Gasteiger partial charge in [0.2, 0.25) is 5.91 Å². The van der Waals surface area contributed by atoms with Crippen molar-refractivity contribution < 1.29 is 39.6 Å². The van der Waals surface area contributed by atoms with E-state index in [1.807, 2.05) is 23.7 Å². The van der Waals surface area contributed by atoms with Crippen molar-refractivity contribution >= 4 is 23.8 Å². The van der Waals surface area contributed by atoms with Crippen LogP contribution in [0.3, 0.4) is 0 Å². The van der Waals surface area contributed by atoms with Crippen LogP contribution in [0.5, 0.6) is 0 Å². The molecule has 3 heterocycles. The fourth-order valence-electron chi connectivity index (χ4n) is 5.89. The van der Waals surface area contributed by atoms with Crippen LogP contribution in [-0.4, -0.2) is 102 Å². The minimum absolute atomic E-state index is 0.271. The standard InChI is InChI=1S/C25H36N4O.C6H8O7/c1-19-11-5-6-13-24(19)29-21(3)23(20(2)26-29)17-25(30)28-16-10-7-12-22(28)18-27-14-8-4-9-15-27;7-3(8)1-6(13,5(11)12)2-4(9)10/h5-6,11,13,22H,4,7-10,12,14-18H2,1-3H3;13H,1-2H2,(H,7,8)(H,9,10)(H,11,12). The molecule has 2 aliphatic heterocycles. The molecule has 12 nitrogen and oxygen atoms in total. The SMILES string of the molecule is Cc1ccccc1-n1nc(C)c(CC(=O)N2CCCCC2CN2CCCCC2)c1C.O=C(O)CC(O)(CC(=O)O)C(=O)O. The fourth-order valence-corrected chi connectivity index (χ4v) is 5.89. The molecule has 12 heteroatoms. The van der Waals surface area contributed by atoms with Crippen molar-refractivity contribution in [3.8, 4) is 5.69 Å². The number of para-hydroxylation sites is 1. The number of amides is 1. The molecule has 0 bridgehead atoms. The second-order valence-electron chi connectivity index (χ2n) is 11.6. The average molecular weight is 601 g/mol. The van der Waals surface area contributed by atoms with Gasteiger partial charge in [0.05, 0.1) is 30.6 Å². The van der Waals surface area contributed by atoms with Gasteiger partial charge in [-0.3, -0.25) is 14.4 Å². The van der Waals surface area contributed by atoms with Crippen molar-refractivity contribution in [2.45, 2.75) is 90.2 Å². The van der Waals surface area contributed by atoms with E-state index in [4.69, 9.17) is 25.5 Å². The number of carbonyl (C=O) groups is 4. The molecular formula is C31H44N4O8. The predicted molar refractivity (Wildman–Crippen MR) is 158 cm³/mol. The number of benzene rings is 1. The number of hydrogen-bond acceptors (Lipinski definition) is 7. The summed E-state index contributed by atoms with van der Waals surface area (Å²) in [7, 11) is 0. The van der Waals surface area contributed by atoms with Gasteiger partial charge in [-0.25, -0.2) is 9.48 Å². The molecule has 0 saturated carbocycles. The van der Waals surface area contributed by atoms with E-state index < -0.39 is 36.4 Å². The molecule has 4 N–H and O–H groups in total. The molecule has 1 aromatic heterocycles. The van der Waals surface area contributed by atoms with Crippen molar-refractivity contribution in [3.05, 3.63) is 46.8 Å². The number of carboxylic acids is 3. The molecule has 0 radical (unpaired) electrons. The zero-order valence-electron chi connectivity index (χ0n) is 25.3. The van der Waals surface area contributed by atoms with Gasteiger partial charge in [0.25, 0.3) is 0 Å². The summed E-state index contributed by atoms with van der Waals surface area (Å²) >= 11 is 0. The molecule has 2 saturated heterocycles. The first-order valence-corrected chi connectivity index (χ1v) is 14.8. The highest BCUT2D eigenvalue weighted by Gasteiger charge is 2.40. The zero-order chi connectivity index (χ0) is 31.7. The van der Waals surface area contributed by atoms with Crippen molar-refractivity contribution in [2.24, 2.45) is 0 Å². The number of rotatable bonds is 10. The Morgan fingerprint density at radius 1 is 0.884 bits per heavy atom. The summed E-state index contributed by atoms with van der Waals surface area (Å²) in [5, 5.41) is 38.6. The Morgan fingerprint density at radius 2 is 1.49 bits per heavy atom. The molecule has 1 aromatic carbocycles. The van der Waals surface area contributed by atoms with Gasteiger partial charge < -0.3 is 30.2 Å². The quantitative estimate of drug-likeness (QED) is 0.317. The lowest BCUT2D eigenvalue weighted by molar-refractivity contribution is -0.170. The first kappa shape index (κ1) is 33.7. The number of likely N-dealkylation sites (tertiary alicyclic amines) is 2. The molecule has 43 heavy (non-hydrogen) atoms. The minimum Gasteiger partial charge on any atom is -0.481 e. The molecule has 0 spiro atoms. The van der Waals surface area contributed by atoms with Crippen molar-refractivity contribution in [2.75, 3.05) is 26.2 Å². The van der Waals surface area contributed by atoms with Gasteiger partial charge in [-0.05, 0) is 77.6 Å². The van der Waals surface area contributed by atoms with E-state index in [1.165, 1.54) is 44.3 Å². The summed E-state index contributed by atoms with van der Waals surface area (Å²) in [4.78, 5) is 48.7. The summed E-state index contributed by atoms with van der Waals surface area (Å²) in [6.07, 6.45) is 5.64. The van der Waals surface area contributed by atoms with Crippen LogP contribution in [0.1, 0.15) is 73.9 Å². The van der Waals surface area contributed by atoms with Crippen LogP contribution < -0.4 is 0 Å². The maximum Gasteiger partial charge on any atom is 0.336 e.